The molecule has 0 aromatic heterocycles. The average molecular weight is 194 g/mol. The number of rotatable bonds is 2. The summed E-state index contributed by atoms with van der Waals surface area (Å²) in [6.45, 7) is 0.935. The highest BCUT2D eigenvalue weighted by molar-refractivity contribution is 7.99. The molecule has 0 aliphatic carbocycles. The minimum Gasteiger partial charge on any atom is -0.367 e. The molecule has 0 amide bonds. The number of hydrogen-bond acceptors (Lipinski definition) is 2. The quantitative estimate of drug-likeness (QED) is 0.716. The molecule has 1 aliphatic heterocycles. The summed E-state index contributed by atoms with van der Waals surface area (Å²) < 4.78 is 5.64. The van der Waals surface area contributed by atoms with E-state index in [1.807, 2.05) is 11.8 Å². The second kappa shape index (κ2) is 4.68. The Morgan fingerprint density at radius 1 is 1.31 bits per heavy atom. The van der Waals surface area contributed by atoms with Crippen molar-refractivity contribution in [2.45, 2.75) is 18.3 Å². The lowest BCUT2D eigenvalue weighted by molar-refractivity contribution is 0.106. The highest BCUT2D eigenvalue weighted by Crippen LogP contribution is 2.22. The van der Waals surface area contributed by atoms with E-state index in [9.17, 15) is 0 Å². The van der Waals surface area contributed by atoms with E-state index >= 15 is 0 Å². The van der Waals surface area contributed by atoms with Gasteiger partial charge >= 0.3 is 0 Å². The van der Waals surface area contributed by atoms with Crippen LogP contribution in [0.1, 0.15) is 12.0 Å². The van der Waals surface area contributed by atoms with Crippen LogP contribution in [0.3, 0.4) is 0 Å². The molecule has 2 heteroatoms. The van der Waals surface area contributed by atoms with Crippen LogP contribution in [0.2, 0.25) is 0 Å². The van der Waals surface area contributed by atoms with Crippen LogP contribution in [0.5, 0.6) is 0 Å². The molecule has 2 rings (SSSR count). The van der Waals surface area contributed by atoms with Crippen LogP contribution >= 0.6 is 11.8 Å². The molecular formula is C11H14OS. The Balaban J connectivity index is 1.90. The lowest BCUT2D eigenvalue weighted by Crippen LogP contribution is -2.18. The van der Waals surface area contributed by atoms with Crippen molar-refractivity contribution in [3.63, 3.8) is 0 Å². The molecule has 1 atom stereocenters. The van der Waals surface area contributed by atoms with Crippen LogP contribution in [0.25, 0.3) is 0 Å². The van der Waals surface area contributed by atoms with Crippen molar-refractivity contribution in [1.29, 1.82) is 0 Å². The van der Waals surface area contributed by atoms with E-state index in [2.05, 4.69) is 30.3 Å². The van der Waals surface area contributed by atoms with Gasteiger partial charge in [-0.25, -0.2) is 0 Å². The zero-order valence-corrected chi connectivity index (χ0v) is 8.43. The van der Waals surface area contributed by atoms with Gasteiger partial charge in [0.2, 0.25) is 0 Å². The van der Waals surface area contributed by atoms with Gasteiger partial charge in [-0.1, -0.05) is 30.3 Å². The zero-order valence-electron chi connectivity index (χ0n) is 7.61. The van der Waals surface area contributed by atoms with E-state index < -0.39 is 0 Å². The van der Waals surface area contributed by atoms with Gasteiger partial charge in [-0.3, -0.25) is 0 Å². The van der Waals surface area contributed by atoms with Crippen LogP contribution in [-0.4, -0.2) is 17.8 Å². The fourth-order valence-electron chi connectivity index (χ4n) is 1.46. The monoisotopic (exact) mass is 194 g/mol. The number of ether oxygens (including phenoxy) is 1. The maximum atomic E-state index is 5.64. The summed E-state index contributed by atoms with van der Waals surface area (Å²) >= 11 is 1.94. The highest BCUT2D eigenvalue weighted by Gasteiger charge is 2.14. The van der Waals surface area contributed by atoms with Gasteiger partial charge in [0.1, 0.15) is 5.44 Å². The van der Waals surface area contributed by atoms with Gasteiger partial charge in [0.05, 0.1) is 0 Å². The Hall–Kier alpha value is -0.470. The van der Waals surface area contributed by atoms with E-state index in [4.69, 9.17) is 4.74 Å². The van der Waals surface area contributed by atoms with Crippen molar-refractivity contribution in [2.75, 3.05) is 12.4 Å². The third-order valence-corrected chi connectivity index (χ3v) is 3.34. The third kappa shape index (κ3) is 2.75. The van der Waals surface area contributed by atoms with Crippen molar-refractivity contribution in [2.24, 2.45) is 0 Å². The summed E-state index contributed by atoms with van der Waals surface area (Å²) in [7, 11) is 0. The molecule has 0 spiro atoms. The first kappa shape index (κ1) is 9.10. The first-order valence-electron chi connectivity index (χ1n) is 4.72. The van der Waals surface area contributed by atoms with Gasteiger partial charge in [-0.15, -0.1) is 11.8 Å². The van der Waals surface area contributed by atoms with E-state index in [0.717, 1.165) is 13.0 Å². The molecule has 1 nitrogen and oxygen atoms in total. The van der Waals surface area contributed by atoms with E-state index in [1.54, 1.807) is 0 Å². The fourth-order valence-corrected chi connectivity index (χ4v) is 2.51. The van der Waals surface area contributed by atoms with Gasteiger partial charge in [0, 0.05) is 13.0 Å². The Labute approximate surface area is 83.5 Å². The van der Waals surface area contributed by atoms with Crippen LogP contribution in [0.4, 0.5) is 0 Å². The minimum atomic E-state index is 0.385. The van der Waals surface area contributed by atoms with Gasteiger partial charge in [-0.2, -0.15) is 0 Å². The second-order valence-corrected chi connectivity index (χ2v) is 4.48. The number of benzene rings is 1. The van der Waals surface area contributed by atoms with Crippen LogP contribution in [0.15, 0.2) is 30.3 Å². The molecule has 1 aromatic carbocycles. The molecule has 70 valence electrons. The first-order valence-corrected chi connectivity index (χ1v) is 5.77. The second-order valence-electron chi connectivity index (χ2n) is 3.21. The normalized spacial score (nSPS) is 22.9. The summed E-state index contributed by atoms with van der Waals surface area (Å²) in [5, 5.41) is 0. The van der Waals surface area contributed by atoms with Crippen molar-refractivity contribution in [3.05, 3.63) is 35.9 Å². The Bertz CT molecular complexity index is 242. The molecule has 13 heavy (non-hydrogen) atoms. The molecule has 1 aliphatic rings. The predicted molar refractivity (Wildman–Crippen MR) is 57.0 cm³/mol. The summed E-state index contributed by atoms with van der Waals surface area (Å²) in [5.41, 5.74) is 1.76. The van der Waals surface area contributed by atoms with Gasteiger partial charge in [0.25, 0.3) is 0 Å². The van der Waals surface area contributed by atoms with Crippen molar-refractivity contribution in [3.8, 4) is 0 Å². The average Bonchev–Trinajstić information content (AvgIpc) is 2.21. The largest absolute Gasteiger partial charge is 0.367 e. The van der Waals surface area contributed by atoms with Crippen LogP contribution in [-0.2, 0) is 11.2 Å². The molecule has 0 radical (unpaired) electrons. The summed E-state index contributed by atoms with van der Waals surface area (Å²) in [5.74, 6) is 1.25. The number of hydrogen-bond donors (Lipinski definition) is 0. The predicted octanol–water partition coefficient (Wildman–Crippen LogP) is 2.71. The molecular weight excluding hydrogens is 180 g/mol. The standard InChI is InChI=1S/C11H14OS/c1-2-5-10(6-3-1)9-11-12-7-4-8-13-11/h1-3,5-6,11H,4,7-9H2. The SMILES string of the molecule is c1ccc(CC2OCCCS2)cc1. The molecule has 1 saturated heterocycles. The lowest BCUT2D eigenvalue weighted by atomic mass is 10.2. The van der Waals surface area contributed by atoms with E-state index in [1.165, 1.54) is 17.7 Å². The molecule has 0 saturated carbocycles. The zero-order chi connectivity index (χ0) is 8.93. The molecule has 0 N–H and O–H groups in total. The summed E-state index contributed by atoms with van der Waals surface area (Å²) in [4.78, 5) is 0. The topological polar surface area (TPSA) is 9.23 Å². The Morgan fingerprint density at radius 2 is 2.15 bits per heavy atom. The van der Waals surface area contributed by atoms with Gasteiger partial charge in [0.15, 0.2) is 0 Å². The van der Waals surface area contributed by atoms with Crippen LogP contribution in [0, 0.1) is 0 Å². The first-order chi connectivity index (χ1) is 6.45. The maximum Gasteiger partial charge on any atom is 0.107 e. The fraction of sp³-hybridized carbons (Fsp3) is 0.455. The van der Waals surface area contributed by atoms with Crippen molar-refractivity contribution >= 4 is 11.8 Å². The summed E-state index contributed by atoms with van der Waals surface area (Å²) in [6, 6.07) is 10.6. The number of thioether (sulfide) groups is 1. The van der Waals surface area contributed by atoms with Gasteiger partial charge < -0.3 is 4.74 Å². The lowest BCUT2D eigenvalue weighted by Gasteiger charge is -2.21. The van der Waals surface area contributed by atoms with E-state index in [0.29, 0.717) is 5.44 Å². The molecule has 1 unspecified atom stereocenters. The molecule has 1 aromatic rings. The molecule has 1 heterocycles. The Kier molecular flexibility index (Phi) is 3.27. The molecule has 1 fully saturated rings. The molecule has 0 bridgehead atoms. The summed E-state index contributed by atoms with van der Waals surface area (Å²) in [6.07, 6.45) is 2.25. The van der Waals surface area contributed by atoms with E-state index in [-0.39, 0.29) is 0 Å². The van der Waals surface area contributed by atoms with Crippen molar-refractivity contribution in [1.82, 2.24) is 0 Å². The van der Waals surface area contributed by atoms with Crippen LogP contribution < -0.4 is 0 Å². The maximum absolute atomic E-state index is 5.64. The minimum absolute atomic E-state index is 0.385. The Morgan fingerprint density at radius 3 is 2.85 bits per heavy atom. The third-order valence-electron chi connectivity index (χ3n) is 2.14. The highest BCUT2D eigenvalue weighted by atomic mass is 32.2. The van der Waals surface area contributed by atoms with Gasteiger partial charge in [-0.05, 0) is 17.7 Å². The van der Waals surface area contributed by atoms with Crippen molar-refractivity contribution < 1.29 is 4.74 Å². The smallest absolute Gasteiger partial charge is 0.107 e.